The fourth-order valence-electron chi connectivity index (χ4n) is 3.81. The van der Waals surface area contributed by atoms with E-state index in [-0.39, 0.29) is 23.3 Å². The van der Waals surface area contributed by atoms with Gasteiger partial charge in [0.2, 0.25) is 11.8 Å². The zero-order chi connectivity index (χ0) is 25.2. The average Bonchev–Trinajstić information content (AvgIpc) is 2.85. The SMILES string of the molecule is CCNC(=O)[C@H](Cc1ccccc1)N(Cc1ccccc1C)C(=O)CSCc1c(F)cccc1Cl. The molecule has 35 heavy (non-hydrogen) atoms. The Hall–Kier alpha value is -2.83. The van der Waals surface area contributed by atoms with Crippen molar-refractivity contribution in [2.24, 2.45) is 0 Å². The highest BCUT2D eigenvalue weighted by molar-refractivity contribution is 7.99. The van der Waals surface area contributed by atoms with Crippen molar-refractivity contribution in [3.63, 3.8) is 0 Å². The van der Waals surface area contributed by atoms with Gasteiger partial charge in [-0.2, -0.15) is 0 Å². The molecule has 0 unspecified atom stereocenters. The number of halogens is 2. The molecule has 1 N–H and O–H groups in total. The van der Waals surface area contributed by atoms with Crippen LogP contribution in [0.1, 0.15) is 29.2 Å². The molecule has 0 aliphatic carbocycles. The molecule has 0 aliphatic rings. The molecule has 2 amide bonds. The van der Waals surface area contributed by atoms with Crippen molar-refractivity contribution in [2.45, 2.75) is 38.6 Å². The van der Waals surface area contributed by atoms with Crippen molar-refractivity contribution >= 4 is 35.2 Å². The lowest BCUT2D eigenvalue weighted by Crippen LogP contribution is -2.51. The summed E-state index contributed by atoms with van der Waals surface area (Å²) in [5.74, 6) is -0.405. The van der Waals surface area contributed by atoms with E-state index in [0.29, 0.717) is 30.1 Å². The normalized spacial score (nSPS) is 11.7. The Labute approximate surface area is 215 Å². The minimum Gasteiger partial charge on any atom is -0.355 e. The highest BCUT2D eigenvalue weighted by Crippen LogP contribution is 2.25. The summed E-state index contributed by atoms with van der Waals surface area (Å²) in [6.07, 6.45) is 0.397. The lowest BCUT2D eigenvalue weighted by atomic mass is 10.0. The first kappa shape index (κ1) is 26.8. The predicted octanol–water partition coefficient (Wildman–Crippen LogP) is 5.80. The summed E-state index contributed by atoms with van der Waals surface area (Å²) in [6, 6.07) is 21.4. The minimum absolute atomic E-state index is 0.0985. The quantitative estimate of drug-likeness (QED) is 0.353. The summed E-state index contributed by atoms with van der Waals surface area (Å²) in [5, 5.41) is 3.23. The van der Waals surface area contributed by atoms with Crippen molar-refractivity contribution in [1.82, 2.24) is 10.2 Å². The number of thioether (sulfide) groups is 1. The molecule has 0 bridgehead atoms. The van der Waals surface area contributed by atoms with Gasteiger partial charge < -0.3 is 10.2 Å². The van der Waals surface area contributed by atoms with Gasteiger partial charge in [0, 0.05) is 35.8 Å². The van der Waals surface area contributed by atoms with Crippen LogP contribution in [0, 0.1) is 12.7 Å². The van der Waals surface area contributed by atoms with Crippen LogP contribution in [0.2, 0.25) is 5.02 Å². The molecule has 3 aromatic rings. The number of carbonyl (C=O) groups excluding carboxylic acids is 2. The summed E-state index contributed by atoms with van der Waals surface area (Å²) in [6.45, 7) is 4.63. The number of amides is 2. The smallest absolute Gasteiger partial charge is 0.243 e. The standard InChI is InChI=1S/C28H30ClFN2O2S/c1-3-31-28(34)26(16-21-11-5-4-6-12-21)32(17-22-13-8-7-10-20(22)2)27(33)19-35-18-23-24(29)14-9-15-25(23)30/h4-15,26H,3,16-19H2,1-2H3,(H,31,34)/t26-/m0/s1. The lowest BCUT2D eigenvalue weighted by Gasteiger charge is -2.32. The molecule has 3 rings (SSSR count). The Morgan fingerprint density at radius 1 is 1.03 bits per heavy atom. The molecular weight excluding hydrogens is 483 g/mol. The third-order valence-electron chi connectivity index (χ3n) is 5.76. The van der Waals surface area contributed by atoms with Crippen molar-refractivity contribution in [3.8, 4) is 0 Å². The van der Waals surface area contributed by atoms with Gasteiger partial charge in [0.15, 0.2) is 0 Å². The van der Waals surface area contributed by atoms with Crippen molar-refractivity contribution in [2.75, 3.05) is 12.3 Å². The zero-order valence-electron chi connectivity index (χ0n) is 20.0. The summed E-state index contributed by atoms with van der Waals surface area (Å²) in [5.41, 5.74) is 3.37. The second kappa shape index (κ2) is 13.3. The molecule has 0 spiro atoms. The Balaban J connectivity index is 1.86. The Kier molecular flexibility index (Phi) is 10.2. The summed E-state index contributed by atoms with van der Waals surface area (Å²) >= 11 is 7.43. The van der Waals surface area contributed by atoms with Crippen LogP contribution in [0.25, 0.3) is 0 Å². The molecule has 0 saturated carbocycles. The van der Waals surface area contributed by atoms with Gasteiger partial charge >= 0.3 is 0 Å². The second-order valence-electron chi connectivity index (χ2n) is 8.24. The lowest BCUT2D eigenvalue weighted by molar-refractivity contribution is -0.139. The largest absolute Gasteiger partial charge is 0.355 e. The van der Waals surface area contributed by atoms with Gasteiger partial charge in [-0.25, -0.2) is 4.39 Å². The fraction of sp³-hybridized carbons (Fsp3) is 0.286. The minimum atomic E-state index is -0.679. The summed E-state index contributed by atoms with van der Waals surface area (Å²) in [7, 11) is 0. The Morgan fingerprint density at radius 3 is 2.43 bits per heavy atom. The number of likely N-dealkylation sites (N-methyl/N-ethyl adjacent to an activating group) is 1. The van der Waals surface area contributed by atoms with Crippen LogP contribution >= 0.6 is 23.4 Å². The molecule has 1 atom stereocenters. The third kappa shape index (κ3) is 7.58. The molecule has 0 aromatic heterocycles. The van der Waals surface area contributed by atoms with E-state index < -0.39 is 11.9 Å². The summed E-state index contributed by atoms with van der Waals surface area (Å²) in [4.78, 5) is 28.4. The molecular formula is C28H30ClFN2O2S. The van der Waals surface area contributed by atoms with Crippen LogP contribution in [0.5, 0.6) is 0 Å². The number of nitrogens with one attached hydrogen (secondary N) is 1. The molecule has 0 heterocycles. The number of carbonyl (C=O) groups is 2. The van der Waals surface area contributed by atoms with E-state index in [1.165, 1.54) is 17.8 Å². The average molecular weight is 513 g/mol. The maximum atomic E-state index is 14.2. The van der Waals surface area contributed by atoms with Gasteiger partial charge in [-0.15, -0.1) is 11.8 Å². The number of aryl methyl sites for hydroxylation is 1. The number of hydrogen-bond donors (Lipinski definition) is 1. The van der Waals surface area contributed by atoms with Crippen LogP contribution in [0.15, 0.2) is 72.8 Å². The first-order valence-corrected chi connectivity index (χ1v) is 13.1. The topological polar surface area (TPSA) is 49.4 Å². The van der Waals surface area contributed by atoms with E-state index >= 15 is 0 Å². The highest BCUT2D eigenvalue weighted by atomic mass is 35.5. The molecule has 184 valence electrons. The van der Waals surface area contributed by atoms with Crippen molar-refractivity contribution < 1.29 is 14.0 Å². The van der Waals surface area contributed by atoms with E-state index in [1.807, 2.05) is 68.4 Å². The molecule has 0 saturated heterocycles. The number of nitrogens with zero attached hydrogens (tertiary/aromatic N) is 1. The fourth-order valence-corrected chi connectivity index (χ4v) is 5.06. The van der Waals surface area contributed by atoms with Crippen molar-refractivity contribution in [3.05, 3.63) is 106 Å². The van der Waals surface area contributed by atoms with E-state index in [2.05, 4.69) is 5.32 Å². The predicted molar refractivity (Wildman–Crippen MR) is 142 cm³/mol. The highest BCUT2D eigenvalue weighted by Gasteiger charge is 2.30. The van der Waals surface area contributed by atoms with Gasteiger partial charge in [-0.1, -0.05) is 72.3 Å². The zero-order valence-corrected chi connectivity index (χ0v) is 21.5. The van der Waals surface area contributed by atoms with E-state index in [9.17, 15) is 14.0 Å². The van der Waals surface area contributed by atoms with E-state index in [0.717, 1.165) is 16.7 Å². The van der Waals surface area contributed by atoms with Gasteiger partial charge in [-0.05, 0) is 42.7 Å². The molecule has 0 aliphatic heterocycles. The van der Waals surface area contributed by atoms with Crippen LogP contribution in [-0.2, 0) is 28.3 Å². The summed E-state index contributed by atoms with van der Waals surface area (Å²) < 4.78 is 14.2. The van der Waals surface area contributed by atoms with Crippen molar-refractivity contribution in [1.29, 1.82) is 0 Å². The molecule has 3 aromatic carbocycles. The van der Waals surface area contributed by atoms with Crippen LogP contribution in [0.3, 0.4) is 0 Å². The number of benzene rings is 3. The maximum absolute atomic E-state index is 14.2. The van der Waals surface area contributed by atoms with Gasteiger partial charge in [0.05, 0.1) is 5.75 Å². The van der Waals surface area contributed by atoms with Crippen LogP contribution in [0.4, 0.5) is 4.39 Å². The first-order chi connectivity index (χ1) is 16.9. The number of hydrogen-bond acceptors (Lipinski definition) is 3. The second-order valence-corrected chi connectivity index (χ2v) is 9.63. The molecule has 0 radical (unpaired) electrons. The van der Waals surface area contributed by atoms with Gasteiger partial charge in [0.25, 0.3) is 0 Å². The van der Waals surface area contributed by atoms with Gasteiger partial charge in [0.1, 0.15) is 11.9 Å². The molecule has 0 fully saturated rings. The Bertz CT molecular complexity index is 1120. The first-order valence-electron chi connectivity index (χ1n) is 11.6. The van der Waals surface area contributed by atoms with Crippen LogP contribution in [-0.4, -0.2) is 35.1 Å². The molecule has 7 heteroatoms. The maximum Gasteiger partial charge on any atom is 0.243 e. The Morgan fingerprint density at radius 2 is 1.74 bits per heavy atom. The van der Waals surface area contributed by atoms with Crippen LogP contribution < -0.4 is 5.32 Å². The monoisotopic (exact) mass is 512 g/mol. The van der Waals surface area contributed by atoms with Gasteiger partial charge in [-0.3, -0.25) is 9.59 Å². The van der Waals surface area contributed by atoms with E-state index in [4.69, 9.17) is 11.6 Å². The van der Waals surface area contributed by atoms with E-state index in [1.54, 1.807) is 17.0 Å². The number of rotatable bonds is 11. The third-order valence-corrected chi connectivity index (χ3v) is 7.06. The molecule has 4 nitrogen and oxygen atoms in total.